The summed E-state index contributed by atoms with van der Waals surface area (Å²) in [5.74, 6) is 0.604. The summed E-state index contributed by atoms with van der Waals surface area (Å²) < 4.78 is 32.2. The van der Waals surface area contributed by atoms with E-state index in [1.165, 1.54) is 6.20 Å². The molecule has 0 spiro atoms. The number of nitrogens with zero attached hydrogens (tertiary/aromatic N) is 2. The van der Waals surface area contributed by atoms with E-state index < -0.39 is 10.0 Å². The highest BCUT2D eigenvalue weighted by molar-refractivity contribution is 7.89. The van der Waals surface area contributed by atoms with E-state index in [1.807, 2.05) is 6.92 Å². The summed E-state index contributed by atoms with van der Waals surface area (Å²) in [4.78, 5) is 0. The molecule has 116 valence electrons. The van der Waals surface area contributed by atoms with Gasteiger partial charge in [0.2, 0.25) is 0 Å². The molecule has 8 nitrogen and oxygen atoms in total. The molecule has 2 aromatic heterocycles. The first-order valence-corrected chi connectivity index (χ1v) is 8.08. The predicted octanol–water partition coefficient (Wildman–Crippen LogP) is 0.603. The van der Waals surface area contributed by atoms with Gasteiger partial charge in [0, 0.05) is 24.2 Å². The Bertz CT molecular complexity index is 685. The second kappa shape index (κ2) is 6.37. The number of rotatable bonds is 7. The molecule has 0 aromatic carbocycles. The van der Waals surface area contributed by atoms with E-state index in [0.29, 0.717) is 23.6 Å². The van der Waals surface area contributed by atoms with Gasteiger partial charge in [-0.25, -0.2) is 13.1 Å². The zero-order chi connectivity index (χ0) is 15.5. The van der Waals surface area contributed by atoms with Crippen molar-refractivity contribution in [2.75, 3.05) is 6.54 Å². The fraction of sp³-hybridized carbons (Fsp3) is 0.500. The normalized spacial score (nSPS) is 12.0. The third kappa shape index (κ3) is 3.49. The highest BCUT2D eigenvalue weighted by Crippen LogP contribution is 2.15. The van der Waals surface area contributed by atoms with Gasteiger partial charge in [0.25, 0.3) is 10.0 Å². The van der Waals surface area contributed by atoms with Crippen LogP contribution in [0.25, 0.3) is 0 Å². The molecule has 2 heterocycles. The minimum absolute atomic E-state index is 0.0789. The molecule has 0 amide bonds. The SMILES string of the molecule is CCNCc1cn[nH]c1S(=O)(=O)NCc1c(C)noc1C. The van der Waals surface area contributed by atoms with Crippen LogP contribution in [-0.2, 0) is 23.1 Å². The summed E-state index contributed by atoms with van der Waals surface area (Å²) in [5.41, 5.74) is 2.02. The number of nitrogens with one attached hydrogen (secondary N) is 3. The number of aryl methyl sites for hydroxylation is 2. The summed E-state index contributed by atoms with van der Waals surface area (Å²) >= 11 is 0. The average Bonchev–Trinajstić information content (AvgIpc) is 3.03. The van der Waals surface area contributed by atoms with E-state index in [2.05, 4.69) is 25.4 Å². The van der Waals surface area contributed by atoms with E-state index in [1.54, 1.807) is 13.8 Å². The topological polar surface area (TPSA) is 113 Å². The Hall–Kier alpha value is -1.71. The van der Waals surface area contributed by atoms with Crippen LogP contribution in [-0.4, -0.2) is 30.3 Å². The highest BCUT2D eigenvalue weighted by Gasteiger charge is 2.21. The van der Waals surface area contributed by atoms with E-state index in [4.69, 9.17) is 4.52 Å². The summed E-state index contributed by atoms with van der Waals surface area (Å²) in [6.45, 7) is 6.78. The number of aromatic nitrogens is 3. The molecule has 21 heavy (non-hydrogen) atoms. The summed E-state index contributed by atoms with van der Waals surface area (Å²) in [5, 5.41) is 13.3. The highest BCUT2D eigenvalue weighted by atomic mass is 32.2. The second-order valence-electron chi connectivity index (χ2n) is 4.63. The molecule has 0 saturated carbocycles. The first-order valence-electron chi connectivity index (χ1n) is 6.60. The van der Waals surface area contributed by atoms with Gasteiger partial charge < -0.3 is 9.84 Å². The fourth-order valence-corrected chi connectivity index (χ4v) is 3.03. The predicted molar refractivity (Wildman–Crippen MR) is 76.0 cm³/mol. The lowest BCUT2D eigenvalue weighted by molar-refractivity contribution is 0.392. The van der Waals surface area contributed by atoms with Gasteiger partial charge in [-0.15, -0.1) is 0 Å². The Morgan fingerprint density at radius 3 is 2.71 bits per heavy atom. The molecule has 9 heteroatoms. The van der Waals surface area contributed by atoms with Crippen molar-refractivity contribution in [2.24, 2.45) is 0 Å². The monoisotopic (exact) mass is 313 g/mol. The van der Waals surface area contributed by atoms with Crippen molar-refractivity contribution in [2.45, 2.75) is 38.9 Å². The maximum absolute atomic E-state index is 12.3. The zero-order valence-corrected chi connectivity index (χ0v) is 13.0. The third-order valence-corrected chi connectivity index (χ3v) is 4.55. The molecule has 0 unspecified atom stereocenters. The molecule has 0 aliphatic rings. The molecular formula is C12H19N5O3S. The summed E-state index contributed by atoms with van der Waals surface area (Å²) in [6, 6.07) is 0. The lowest BCUT2D eigenvalue weighted by atomic mass is 10.2. The first kappa shape index (κ1) is 15.7. The summed E-state index contributed by atoms with van der Waals surface area (Å²) in [6.07, 6.45) is 1.51. The quantitative estimate of drug-likeness (QED) is 0.690. The Balaban J connectivity index is 2.14. The molecule has 2 aromatic rings. The Morgan fingerprint density at radius 1 is 1.33 bits per heavy atom. The molecule has 0 atom stereocenters. The van der Waals surface area contributed by atoms with Crippen LogP contribution in [0, 0.1) is 13.8 Å². The summed E-state index contributed by atoms with van der Waals surface area (Å²) in [7, 11) is -3.67. The fourth-order valence-electron chi connectivity index (χ4n) is 1.91. The molecule has 0 aliphatic carbocycles. The zero-order valence-electron chi connectivity index (χ0n) is 12.2. The molecule has 0 radical (unpaired) electrons. The molecule has 2 rings (SSSR count). The number of H-pyrrole nitrogens is 1. The van der Waals surface area contributed by atoms with E-state index in [-0.39, 0.29) is 11.6 Å². The van der Waals surface area contributed by atoms with Gasteiger partial charge in [0.05, 0.1) is 11.9 Å². The lowest BCUT2D eigenvalue weighted by Gasteiger charge is -2.07. The van der Waals surface area contributed by atoms with Gasteiger partial charge in [-0.05, 0) is 20.4 Å². The second-order valence-corrected chi connectivity index (χ2v) is 6.34. The minimum atomic E-state index is -3.67. The van der Waals surface area contributed by atoms with Crippen LogP contribution in [0.5, 0.6) is 0 Å². The largest absolute Gasteiger partial charge is 0.361 e. The van der Waals surface area contributed by atoms with Crippen molar-refractivity contribution >= 4 is 10.0 Å². The van der Waals surface area contributed by atoms with Gasteiger partial charge in [-0.2, -0.15) is 5.10 Å². The van der Waals surface area contributed by atoms with Crippen LogP contribution >= 0.6 is 0 Å². The van der Waals surface area contributed by atoms with Crippen LogP contribution in [0.3, 0.4) is 0 Å². The number of hydrogen-bond acceptors (Lipinski definition) is 6. The Kier molecular flexibility index (Phi) is 4.76. The number of hydrogen-bond donors (Lipinski definition) is 3. The Morgan fingerprint density at radius 2 is 2.10 bits per heavy atom. The molecule has 0 fully saturated rings. The van der Waals surface area contributed by atoms with Crippen LogP contribution in [0.2, 0.25) is 0 Å². The first-order chi connectivity index (χ1) is 9.95. The van der Waals surface area contributed by atoms with Crippen molar-refractivity contribution in [1.82, 2.24) is 25.4 Å². The number of aromatic amines is 1. The van der Waals surface area contributed by atoms with E-state index in [0.717, 1.165) is 12.1 Å². The molecule has 0 bridgehead atoms. The van der Waals surface area contributed by atoms with Crippen LogP contribution in [0.1, 0.15) is 29.5 Å². The van der Waals surface area contributed by atoms with Gasteiger partial charge >= 0.3 is 0 Å². The van der Waals surface area contributed by atoms with Crippen molar-refractivity contribution in [3.63, 3.8) is 0 Å². The maximum atomic E-state index is 12.3. The molecule has 0 saturated heterocycles. The maximum Gasteiger partial charge on any atom is 0.258 e. The smallest absolute Gasteiger partial charge is 0.258 e. The van der Waals surface area contributed by atoms with Gasteiger partial charge in [0.15, 0.2) is 5.03 Å². The van der Waals surface area contributed by atoms with Crippen molar-refractivity contribution in [1.29, 1.82) is 0 Å². The molecule has 0 aliphatic heterocycles. The van der Waals surface area contributed by atoms with Gasteiger partial charge in [0.1, 0.15) is 5.76 Å². The number of sulfonamides is 1. The third-order valence-electron chi connectivity index (χ3n) is 3.13. The van der Waals surface area contributed by atoms with Crippen LogP contribution < -0.4 is 10.0 Å². The van der Waals surface area contributed by atoms with E-state index >= 15 is 0 Å². The van der Waals surface area contributed by atoms with Crippen molar-refractivity contribution < 1.29 is 12.9 Å². The molecular weight excluding hydrogens is 294 g/mol. The van der Waals surface area contributed by atoms with Crippen LogP contribution in [0.15, 0.2) is 15.7 Å². The average molecular weight is 313 g/mol. The minimum Gasteiger partial charge on any atom is -0.361 e. The lowest BCUT2D eigenvalue weighted by Crippen LogP contribution is -2.26. The van der Waals surface area contributed by atoms with E-state index in [9.17, 15) is 8.42 Å². The van der Waals surface area contributed by atoms with Crippen molar-refractivity contribution in [3.05, 3.63) is 28.8 Å². The molecule has 3 N–H and O–H groups in total. The van der Waals surface area contributed by atoms with Gasteiger partial charge in [-0.1, -0.05) is 12.1 Å². The van der Waals surface area contributed by atoms with Crippen molar-refractivity contribution in [3.8, 4) is 0 Å². The van der Waals surface area contributed by atoms with Crippen LogP contribution in [0.4, 0.5) is 0 Å². The Labute approximate surface area is 123 Å². The standard InChI is InChI=1S/C12H19N5O3S/c1-4-13-5-10-6-14-16-12(10)21(18,19)15-7-11-8(2)17-20-9(11)3/h6,13,15H,4-5,7H2,1-3H3,(H,14,16). The van der Waals surface area contributed by atoms with Gasteiger partial charge in [-0.3, -0.25) is 5.10 Å².